The lowest BCUT2D eigenvalue weighted by Crippen LogP contribution is -2.13. The number of esters is 1. The van der Waals surface area contributed by atoms with Gasteiger partial charge in [-0.2, -0.15) is 5.10 Å². The maximum Gasteiger partial charge on any atom is 0.357 e. The first-order valence-electron chi connectivity index (χ1n) is 9.62. The van der Waals surface area contributed by atoms with E-state index in [1.165, 1.54) is 4.68 Å². The molecule has 0 bridgehead atoms. The van der Waals surface area contributed by atoms with Gasteiger partial charge in [0, 0.05) is 25.1 Å². The van der Waals surface area contributed by atoms with E-state index in [9.17, 15) is 4.79 Å². The van der Waals surface area contributed by atoms with Gasteiger partial charge in [-0.05, 0) is 11.1 Å². The zero-order chi connectivity index (χ0) is 21.8. The zero-order valence-electron chi connectivity index (χ0n) is 16.8. The molecule has 7 nitrogen and oxygen atoms in total. The number of aromatic nitrogens is 4. The van der Waals surface area contributed by atoms with Crippen LogP contribution in [0, 0.1) is 0 Å². The molecular weight excluding hydrogens is 414 g/mol. The van der Waals surface area contributed by atoms with E-state index in [1.54, 1.807) is 13.1 Å². The van der Waals surface area contributed by atoms with Crippen molar-refractivity contribution in [1.29, 1.82) is 0 Å². The van der Waals surface area contributed by atoms with Gasteiger partial charge < -0.3 is 10.5 Å². The van der Waals surface area contributed by atoms with Crippen molar-refractivity contribution < 1.29 is 9.53 Å². The summed E-state index contributed by atoms with van der Waals surface area (Å²) in [4.78, 5) is 21.2. The van der Waals surface area contributed by atoms with Gasteiger partial charge in [-0.15, -0.1) is 0 Å². The molecule has 0 aliphatic rings. The van der Waals surface area contributed by atoms with E-state index in [0.717, 1.165) is 11.1 Å². The predicted molar refractivity (Wildman–Crippen MR) is 118 cm³/mol. The van der Waals surface area contributed by atoms with Gasteiger partial charge in [-0.3, -0.25) is 4.68 Å². The van der Waals surface area contributed by atoms with E-state index in [1.807, 2.05) is 60.7 Å². The van der Waals surface area contributed by atoms with Crippen LogP contribution in [0.3, 0.4) is 0 Å². The van der Waals surface area contributed by atoms with Crippen LogP contribution in [0.4, 0.5) is 5.95 Å². The third-order valence-corrected chi connectivity index (χ3v) is 4.92. The molecule has 0 unspecified atom stereocenters. The molecule has 31 heavy (non-hydrogen) atoms. The summed E-state index contributed by atoms with van der Waals surface area (Å²) in [5, 5.41) is 4.75. The van der Waals surface area contributed by atoms with Crippen LogP contribution in [0.25, 0.3) is 11.4 Å². The van der Waals surface area contributed by atoms with Crippen LogP contribution in [0.5, 0.6) is 0 Å². The molecule has 0 saturated heterocycles. The summed E-state index contributed by atoms with van der Waals surface area (Å²) < 4.78 is 7.09. The van der Waals surface area contributed by atoms with Gasteiger partial charge in [0.25, 0.3) is 0 Å². The van der Waals surface area contributed by atoms with Gasteiger partial charge in [0.05, 0.1) is 5.69 Å². The first-order chi connectivity index (χ1) is 15.0. The molecule has 2 aromatic heterocycles. The average molecular weight is 434 g/mol. The highest BCUT2D eigenvalue weighted by atomic mass is 35.5. The van der Waals surface area contributed by atoms with E-state index < -0.39 is 5.97 Å². The minimum absolute atomic E-state index is 0.0343. The summed E-state index contributed by atoms with van der Waals surface area (Å²) in [5.41, 5.74) is 9.69. The van der Waals surface area contributed by atoms with Gasteiger partial charge in [-0.25, -0.2) is 14.8 Å². The molecule has 4 aromatic rings. The van der Waals surface area contributed by atoms with E-state index in [-0.39, 0.29) is 17.7 Å². The lowest BCUT2D eigenvalue weighted by Gasteiger charge is -2.09. The van der Waals surface area contributed by atoms with E-state index in [2.05, 4.69) is 15.1 Å². The average Bonchev–Trinajstić information content (AvgIpc) is 3.08. The lowest BCUT2D eigenvalue weighted by molar-refractivity contribution is 0.0458. The highest BCUT2D eigenvalue weighted by Crippen LogP contribution is 2.29. The van der Waals surface area contributed by atoms with Crippen molar-refractivity contribution in [3.63, 3.8) is 0 Å². The van der Waals surface area contributed by atoms with Gasteiger partial charge >= 0.3 is 5.97 Å². The topological polar surface area (TPSA) is 95.9 Å². The van der Waals surface area contributed by atoms with Crippen LogP contribution in [0.15, 0.2) is 66.7 Å². The second-order valence-corrected chi connectivity index (χ2v) is 7.34. The molecule has 8 heteroatoms. The molecular formula is C23H20ClN5O2. The molecule has 0 amide bonds. The molecule has 2 N–H and O–H groups in total. The number of benzene rings is 2. The maximum atomic E-state index is 13.1. The number of nitrogen functional groups attached to an aromatic ring is 1. The number of carbonyl (C=O) groups excluding carboxylic acids is 1. The molecule has 0 radical (unpaired) electrons. The van der Waals surface area contributed by atoms with Crippen molar-refractivity contribution in [3.8, 4) is 11.4 Å². The minimum atomic E-state index is -0.468. The van der Waals surface area contributed by atoms with Crippen molar-refractivity contribution in [2.24, 2.45) is 7.05 Å². The maximum absolute atomic E-state index is 13.1. The number of carbonyl (C=O) groups is 1. The molecule has 0 aliphatic heterocycles. The summed E-state index contributed by atoms with van der Waals surface area (Å²) >= 11 is 6.08. The number of nitrogens with zero attached hydrogens (tertiary/aromatic N) is 4. The van der Waals surface area contributed by atoms with Crippen LogP contribution in [-0.4, -0.2) is 25.7 Å². The van der Waals surface area contributed by atoms with Crippen LogP contribution >= 0.6 is 11.6 Å². The fourth-order valence-electron chi connectivity index (χ4n) is 3.34. The number of nitrogens with two attached hydrogens (primary N) is 1. The first-order valence-corrected chi connectivity index (χ1v) is 10.0. The van der Waals surface area contributed by atoms with Gasteiger partial charge in [0.1, 0.15) is 23.1 Å². The zero-order valence-corrected chi connectivity index (χ0v) is 17.6. The highest BCUT2D eigenvalue weighted by molar-refractivity contribution is 6.29. The standard InChI is InChI=1S/C23H20ClN5O2/c1-29-21(22(30)31-14-16-10-6-3-7-11-16)17(12-15-8-4-2-5-9-15)20(28-29)18-13-19(24)27-23(25)26-18/h2-11,13H,12,14H2,1H3,(H2,25,26,27). The molecule has 0 fully saturated rings. The number of anilines is 1. The van der Waals surface area contributed by atoms with E-state index in [4.69, 9.17) is 22.1 Å². The monoisotopic (exact) mass is 433 g/mol. The first kappa shape index (κ1) is 20.6. The minimum Gasteiger partial charge on any atom is -0.456 e. The van der Waals surface area contributed by atoms with Crippen molar-refractivity contribution >= 4 is 23.5 Å². The number of aryl methyl sites for hydroxylation is 1. The molecule has 0 atom stereocenters. The highest BCUT2D eigenvalue weighted by Gasteiger charge is 2.25. The Morgan fingerprint density at radius 3 is 2.32 bits per heavy atom. The quantitative estimate of drug-likeness (QED) is 0.364. The Balaban J connectivity index is 1.74. The van der Waals surface area contributed by atoms with Crippen molar-refractivity contribution in [2.45, 2.75) is 13.0 Å². The van der Waals surface area contributed by atoms with Crippen molar-refractivity contribution in [2.75, 3.05) is 5.73 Å². The molecule has 4 rings (SSSR count). The van der Waals surface area contributed by atoms with Crippen molar-refractivity contribution in [3.05, 3.63) is 94.3 Å². The Morgan fingerprint density at radius 2 is 1.68 bits per heavy atom. The Kier molecular flexibility index (Phi) is 5.95. The van der Waals surface area contributed by atoms with Crippen LogP contribution in [-0.2, 0) is 24.8 Å². The lowest BCUT2D eigenvalue weighted by atomic mass is 10.0. The Morgan fingerprint density at radius 1 is 1.03 bits per heavy atom. The summed E-state index contributed by atoms with van der Waals surface area (Å²) in [6, 6.07) is 20.9. The molecule has 2 heterocycles. The van der Waals surface area contributed by atoms with Gasteiger partial charge in [0.2, 0.25) is 5.95 Å². The molecule has 0 aliphatic carbocycles. The van der Waals surface area contributed by atoms with Gasteiger partial charge in [-0.1, -0.05) is 72.3 Å². The molecule has 0 saturated carbocycles. The predicted octanol–water partition coefficient (Wildman–Crippen LogP) is 4.06. The van der Waals surface area contributed by atoms with E-state index >= 15 is 0 Å². The summed E-state index contributed by atoms with van der Waals surface area (Å²) in [6.07, 6.45) is 0.460. The fraction of sp³-hybridized carbons (Fsp3) is 0.130. The number of hydrogen-bond acceptors (Lipinski definition) is 6. The number of halogens is 1. The summed E-state index contributed by atoms with van der Waals surface area (Å²) in [6.45, 7) is 0.164. The number of hydrogen-bond donors (Lipinski definition) is 1. The second-order valence-electron chi connectivity index (χ2n) is 6.96. The Hall–Kier alpha value is -3.71. The number of rotatable bonds is 6. The van der Waals surface area contributed by atoms with Crippen LogP contribution < -0.4 is 5.73 Å². The smallest absolute Gasteiger partial charge is 0.357 e. The second kappa shape index (κ2) is 8.97. The molecule has 2 aromatic carbocycles. The largest absolute Gasteiger partial charge is 0.456 e. The SMILES string of the molecule is Cn1nc(-c2cc(Cl)nc(N)n2)c(Cc2ccccc2)c1C(=O)OCc1ccccc1. The Bertz CT molecular complexity index is 1190. The van der Waals surface area contributed by atoms with Crippen LogP contribution in [0.1, 0.15) is 27.2 Å². The number of ether oxygens (including phenoxy) is 1. The Labute approximate surface area is 184 Å². The summed E-state index contributed by atoms with van der Waals surface area (Å²) in [7, 11) is 1.70. The normalized spacial score (nSPS) is 10.8. The summed E-state index contributed by atoms with van der Waals surface area (Å²) in [5.74, 6) is -0.434. The fourth-order valence-corrected chi connectivity index (χ4v) is 3.53. The molecule has 156 valence electrons. The van der Waals surface area contributed by atoms with Crippen molar-refractivity contribution in [1.82, 2.24) is 19.7 Å². The third kappa shape index (κ3) is 4.73. The van der Waals surface area contributed by atoms with Crippen LogP contribution in [0.2, 0.25) is 5.15 Å². The molecule has 0 spiro atoms. The van der Waals surface area contributed by atoms with E-state index in [0.29, 0.717) is 29.1 Å². The van der Waals surface area contributed by atoms with Gasteiger partial charge in [0.15, 0.2) is 0 Å². The third-order valence-electron chi connectivity index (χ3n) is 4.73.